The van der Waals surface area contributed by atoms with E-state index in [1.807, 2.05) is 45.9 Å². The second kappa shape index (κ2) is 13.5. The second-order valence-corrected chi connectivity index (χ2v) is 11.8. The Labute approximate surface area is 238 Å². The van der Waals surface area contributed by atoms with Crippen molar-refractivity contribution in [2.24, 2.45) is 0 Å². The summed E-state index contributed by atoms with van der Waals surface area (Å²) in [6.07, 6.45) is 0.734. The molecule has 2 amide bonds. The first-order valence-corrected chi connectivity index (χ1v) is 14.8. The number of nitrogens with one attached hydrogen (secondary N) is 1. The van der Waals surface area contributed by atoms with Gasteiger partial charge in [0, 0.05) is 12.6 Å². The number of hydrogen-bond donors (Lipinski definition) is 1. The molecule has 8 nitrogen and oxygen atoms in total. The molecule has 0 saturated carbocycles. The number of hydrogen-bond acceptors (Lipinski definition) is 5. The smallest absolute Gasteiger partial charge is 0.264 e. The Kier molecular flexibility index (Phi) is 10.3. The van der Waals surface area contributed by atoms with E-state index in [1.54, 1.807) is 56.5 Å². The van der Waals surface area contributed by atoms with E-state index in [2.05, 4.69) is 5.32 Å². The zero-order valence-corrected chi connectivity index (χ0v) is 24.9. The molecule has 40 heavy (non-hydrogen) atoms. The summed E-state index contributed by atoms with van der Waals surface area (Å²) in [5.74, 6) is -0.202. The van der Waals surface area contributed by atoms with Gasteiger partial charge in [0.1, 0.15) is 18.3 Å². The van der Waals surface area contributed by atoms with Crippen LogP contribution in [-0.4, -0.2) is 50.9 Å². The van der Waals surface area contributed by atoms with Crippen molar-refractivity contribution in [2.45, 2.75) is 64.6 Å². The third-order valence-electron chi connectivity index (χ3n) is 7.04. The molecule has 0 saturated heterocycles. The molecule has 3 aromatic rings. The highest BCUT2D eigenvalue weighted by atomic mass is 32.2. The number of carbonyl (C=O) groups is 2. The normalized spacial score (nSPS) is 12.8. The summed E-state index contributed by atoms with van der Waals surface area (Å²) in [6.45, 7) is 8.96. The number of nitrogens with zero attached hydrogens (tertiary/aromatic N) is 2. The summed E-state index contributed by atoms with van der Waals surface area (Å²) in [7, 11) is -2.54. The molecule has 0 radical (unpaired) electrons. The first-order valence-electron chi connectivity index (χ1n) is 13.4. The van der Waals surface area contributed by atoms with E-state index in [9.17, 15) is 18.0 Å². The van der Waals surface area contributed by atoms with Crippen molar-refractivity contribution in [3.63, 3.8) is 0 Å². The summed E-state index contributed by atoms with van der Waals surface area (Å²) >= 11 is 0. The number of anilines is 1. The minimum Gasteiger partial charge on any atom is -0.497 e. The predicted molar refractivity (Wildman–Crippen MR) is 158 cm³/mol. The first kappa shape index (κ1) is 30.7. The van der Waals surface area contributed by atoms with E-state index >= 15 is 0 Å². The maximum absolute atomic E-state index is 14.0. The molecule has 2 atom stereocenters. The number of methoxy groups -OCH3 is 1. The van der Waals surface area contributed by atoms with Gasteiger partial charge in [-0.25, -0.2) is 8.42 Å². The number of aryl methyl sites for hydroxylation is 2. The van der Waals surface area contributed by atoms with Crippen LogP contribution >= 0.6 is 0 Å². The second-order valence-electron chi connectivity index (χ2n) is 9.96. The van der Waals surface area contributed by atoms with Gasteiger partial charge in [0.05, 0.1) is 17.7 Å². The molecular weight excluding hydrogens is 526 g/mol. The van der Waals surface area contributed by atoms with Crippen molar-refractivity contribution in [3.8, 4) is 5.75 Å². The molecule has 3 aromatic carbocycles. The van der Waals surface area contributed by atoms with Crippen LogP contribution in [0.2, 0.25) is 0 Å². The van der Waals surface area contributed by atoms with Crippen LogP contribution < -0.4 is 14.4 Å². The largest absolute Gasteiger partial charge is 0.497 e. The van der Waals surface area contributed by atoms with Crippen LogP contribution in [-0.2, 0) is 26.2 Å². The van der Waals surface area contributed by atoms with Crippen molar-refractivity contribution in [3.05, 3.63) is 89.5 Å². The maximum atomic E-state index is 14.0. The summed E-state index contributed by atoms with van der Waals surface area (Å²) in [4.78, 5) is 28.7. The van der Waals surface area contributed by atoms with Gasteiger partial charge < -0.3 is 15.0 Å². The van der Waals surface area contributed by atoms with Gasteiger partial charge in [-0.3, -0.25) is 13.9 Å². The SMILES string of the molecule is CCC(C)NC(=O)C(C)N(Cc1cccc(OC)c1)C(=O)CN(c1ccc(C)c(C)c1)S(=O)(=O)c1ccccc1. The Morgan fingerprint density at radius 1 is 0.925 bits per heavy atom. The fraction of sp³-hybridized carbons (Fsp3) is 0.355. The number of ether oxygens (including phenoxy) is 1. The quantitative estimate of drug-likeness (QED) is 0.339. The van der Waals surface area contributed by atoms with E-state index in [0.29, 0.717) is 11.4 Å². The summed E-state index contributed by atoms with van der Waals surface area (Å²) in [5, 5.41) is 2.94. The zero-order chi connectivity index (χ0) is 29.4. The molecule has 0 heterocycles. The fourth-order valence-electron chi connectivity index (χ4n) is 4.14. The summed E-state index contributed by atoms with van der Waals surface area (Å²) < 4.78 is 34.2. The number of amides is 2. The maximum Gasteiger partial charge on any atom is 0.264 e. The van der Waals surface area contributed by atoms with Gasteiger partial charge >= 0.3 is 0 Å². The highest BCUT2D eigenvalue weighted by molar-refractivity contribution is 7.92. The minimum absolute atomic E-state index is 0.0722. The minimum atomic E-state index is -4.10. The van der Waals surface area contributed by atoms with E-state index < -0.39 is 28.5 Å². The van der Waals surface area contributed by atoms with Crippen molar-refractivity contribution in [2.75, 3.05) is 18.0 Å². The van der Waals surface area contributed by atoms with E-state index in [0.717, 1.165) is 27.4 Å². The monoisotopic (exact) mass is 565 g/mol. The van der Waals surface area contributed by atoms with Crippen molar-refractivity contribution >= 4 is 27.5 Å². The Bertz CT molecular complexity index is 1430. The van der Waals surface area contributed by atoms with E-state index in [-0.39, 0.29) is 23.4 Å². The fourth-order valence-corrected chi connectivity index (χ4v) is 5.57. The van der Waals surface area contributed by atoms with Crippen LogP contribution in [0.15, 0.2) is 77.7 Å². The van der Waals surface area contributed by atoms with E-state index in [1.165, 1.54) is 17.0 Å². The Morgan fingerprint density at radius 3 is 2.25 bits per heavy atom. The van der Waals surface area contributed by atoms with Crippen molar-refractivity contribution < 1.29 is 22.7 Å². The van der Waals surface area contributed by atoms with Crippen LogP contribution in [0.5, 0.6) is 5.75 Å². The highest BCUT2D eigenvalue weighted by Gasteiger charge is 2.33. The van der Waals surface area contributed by atoms with Gasteiger partial charge in [0.15, 0.2) is 0 Å². The van der Waals surface area contributed by atoms with Crippen molar-refractivity contribution in [1.82, 2.24) is 10.2 Å². The lowest BCUT2D eigenvalue weighted by atomic mass is 10.1. The van der Waals surface area contributed by atoms with Gasteiger partial charge in [-0.1, -0.05) is 43.3 Å². The van der Waals surface area contributed by atoms with Gasteiger partial charge in [-0.05, 0) is 87.2 Å². The zero-order valence-electron chi connectivity index (χ0n) is 24.0. The molecule has 2 unspecified atom stereocenters. The Hall–Kier alpha value is -3.85. The number of rotatable bonds is 12. The topological polar surface area (TPSA) is 96.0 Å². The van der Waals surface area contributed by atoms with Crippen LogP contribution in [0.25, 0.3) is 0 Å². The average Bonchev–Trinajstić information content (AvgIpc) is 2.96. The molecule has 9 heteroatoms. The molecule has 0 spiro atoms. The highest BCUT2D eigenvalue weighted by Crippen LogP contribution is 2.26. The van der Waals surface area contributed by atoms with Crippen LogP contribution in [0.3, 0.4) is 0 Å². The third-order valence-corrected chi connectivity index (χ3v) is 8.83. The molecule has 0 aromatic heterocycles. The Morgan fingerprint density at radius 2 is 1.62 bits per heavy atom. The molecule has 0 aliphatic carbocycles. The predicted octanol–water partition coefficient (Wildman–Crippen LogP) is 4.84. The van der Waals surface area contributed by atoms with Gasteiger partial charge in [-0.2, -0.15) is 0 Å². The number of benzene rings is 3. The van der Waals surface area contributed by atoms with E-state index in [4.69, 9.17) is 4.74 Å². The Balaban J connectivity index is 2.05. The third kappa shape index (κ3) is 7.41. The summed E-state index contributed by atoms with van der Waals surface area (Å²) in [6, 6.07) is 19.6. The van der Waals surface area contributed by atoms with Crippen LogP contribution in [0, 0.1) is 13.8 Å². The van der Waals surface area contributed by atoms with Crippen LogP contribution in [0.4, 0.5) is 5.69 Å². The molecule has 0 aliphatic heterocycles. The lowest BCUT2D eigenvalue weighted by Crippen LogP contribution is -2.52. The summed E-state index contributed by atoms with van der Waals surface area (Å²) in [5.41, 5.74) is 3.02. The van der Waals surface area contributed by atoms with Crippen LogP contribution in [0.1, 0.15) is 43.9 Å². The standard InChI is InChI=1S/C31H39N3O5S/c1-7-24(4)32-31(36)25(5)33(20-26-12-11-13-28(19-26)39-6)30(35)21-34(27-17-16-22(2)23(3)18-27)40(37,38)29-14-9-8-10-15-29/h8-19,24-25H,7,20-21H2,1-6H3,(H,32,36). The molecule has 0 aliphatic rings. The van der Waals surface area contributed by atoms with Crippen molar-refractivity contribution in [1.29, 1.82) is 0 Å². The first-order chi connectivity index (χ1) is 19.0. The molecule has 3 rings (SSSR count). The lowest BCUT2D eigenvalue weighted by molar-refractivity contribution is -0.139. The van der Waals surface area contributed by atoms with Gasteiger partial charge in [-0.15, -0.1) is 0 Å². The molecule has 1 N–H and O–H groups in total. The van der Waals surface area contributed by atoms with Gasteiger partial charge in [0.2, 0.25) is 11.8 Å². The van der Waals surface area contributed by atoms with Gasteiger partial charge in [0.25, 0.3) is 10.0 Å². The number of sulfonamides is 1. The molecule has 214 valence electrons. The lowest BCUT2D eigenvalue weighted by Gasteiger charge is -2.32. The number of carbonyl (C=O) groups excluding carboxylic acids is 2. The average molecular weight is 566 g/mol. The molecule has 0 bridgehead atoms. The molecular formula is C31H39N3O5S. The molecule has 0 fully saturated rings.